The van der Waals surface area contributed by atoms with E-state index < -0.39 is 0 Å². The molecule has 1 aliphatic rings. The Balaban J connectivity index is 1.18. The Bertz CT molecular complexity index is 2350. The molecule has 0 saturated carbocycles. The number of fused-ring (bicyclic) bond motifs is 4. The van der Waals surface area contributed by atoms with Gasteiger partial charge < -0.3 is 13.9 Å². The molecule has 0 atom stereocenters. The van der Waals surface area contributed by atoms with Gasteiger partial charge in [0.05, 0.1) is 4.88 Å². The summed E-state index contributed by atoms with van der Waals surface area (Å²) in [6.07, 6.45) is 1.77. The monoisotopic (exact) mass is 628 g/mol. The second-order valence-electron chi connectivity index (χ2n) is 11.4. The van der Waals surface area contributed by atoms with E-state index in [0.717, 1.165) is 71.4 Å². The highest BCUT2D eigenvalue weighted by molar-refractivity contribution is 7.20. The fourth-order valence-electron chi connectivity index (χ4n) is 6.33. The molecule has 8 aromatic rings. The third-order valence-corrected chi connectivity index (χ3v) is 9.75. The quantitative estimate of drug-likeness (QED) is 0.183. The number of ether oxygens (including phenoxy) is 2. The molecule has 9 rings (SSSR count). The van der Waals surface area contributed by atoms with E-state index in [2.05, 4.69) is 131 Å². The molecule has 3 aromatic heterocycles. The minimum atomic E-state index is 0.501. The van der Waals surface area contributed by atoms with Crippen molar-refractivity contribution in [1.82, 2.24) is 4.98 Å². The van der Waals surface area contributed by atoms with Crippen LogP contribution < -0.4 is 14.4 Å². The van der Waals surface area contributed by atoms with Crippen molar-refractivity contribution >= 4 is 49.8 Å². The van der Waals surface area contributed by atoms with Crippen molar-refractivity contribution in [3.63, 3.8) is 0 Å². The van der Waals surface area contributed by atoms with Crippen LogP contribution in [0.4, 0.5) is 16.4 Å². The van der Waals surface area contributed by atoms with Crippen molar-refractivity contribution in [2.75, 3.05) is 18.1 Å². The van der Waals surface area contributed by atoms with E-state index in [4.69, 9.17) is 13.9 Å². The number of hydrogen-bond donors (Lipinski definition) is 0. The molecule has 0 spiro atoms. The van der Waals surface area contributed by atoms with Gasteiger partial charge in [0.1, 0.15) is 23.8 Å². The first-order valence-electron chi connectivity index (χ1n) is 15.6. The molecule has 47 heavy (non-hydrogen) atoms. The average Bonchev–Trinajstić information content (AvgIpc) is 3.72. The minimum absolute atomic E-state index is 0.501. The molecule has 0 fully saturated rings. The average molecular weight is 629 g/mol. The molecule has 1 aliphatic heterocycles. The third-order valence-electron chi connectivity index (χ3n) is 8.56. The molecule has 5 aromatic carbocycles. The van der Waals surface area contributed by atoms with Crippen LogP contribution in [0.5, 0.6) is 11.5 Å². The molecule has 0 N–H and O–H groups in total. The Labute approximate surface area is 275 Å². The summed E-state index contributed by atoms with van der Waals surface area (Å²) < 4.78 is 18.9. The lowest BCUT2D eigenvalue weighted by Crippen LogP contribution is -2.17. The van der Waals surface area contributed by atoms with Gasteiger partial charge in [0.25, 0.3) is 0 Å². The van der Waals surface area contributed by atoms with Gasteiger partial charge in [0, 0.05) is 33.9 Å². The molecule has 0 bridgehead atoms. The van der Waals surface area contributed by atoms with Crippen molar-refractivity contribution in [3.05, 3.63) is 146 Å². The summed E-state index contributed by atoms with van der Waals surface area (Å²) in [4.78, 5) is 7.78. The van der Waals surface area contributed by atoms with E-state index in [1.807, 2.05) is 18.2 Å². The predicted octanol–water partition coefficient (Wildman–Crippen LogP) is 11.3. The van der Waals surface area contributed by atoms with Crippen molar-refractivity contribution < 1.29 is 13.9 Å². The van der Waals surface area contributed by atoms with Gasteiger partial charge >= 0.3 is 0 Å². The van der Waals surface area contributed by atoms with Gasteiger partial charge in [-0.15, -0.1) is 11.3 Å². The van der Waals surface area contributed by atoms with Gasteiger partial charge in [-0.3, -0.25) is 4.90 Å². The number of rotatable bonds is 6. The van der Waals surface area contributed by atoms with Gasteiger partial charge in [-0.2, -0.15) is 0 Å². The lowest BCUT2D eigenvalue weighted by molar-refractivity contribution is 0.175. The normalized spacial score (nSPS) is 12.4. The van der Waals surface area contributed by atoms with Crippen LogP contribution >= 0.6 is 11.3 Å². The Kier molecular flexibility index (Phi) is 6.72. The standard InChI is InChI=1S/C41H28N2O3S/c1-3-9-27(10-4-1)28-16-20-31(21-17-28)43(41-38-37(44-25-26-45-38)39(47-41)30-11-5-2-6-12-30)32-22-18-29(19-23-32)33-13-7-14-34-35-15-8-24-42-40(35)46-36(33)34/h1-24H,25-26H2. The smallest absolute Gasteiger partial charge is 0.227 e. The molecule has 0 amide bonds. The van der Waals surface area contributed by atoms with E-state index in [-0.39, 0.29) is 0 Å². The first-order valence-corrected chi connectivity index (χ1v) is 16.4. The summed E-state index contributed by atoms with van der Waals surface area (Å²) in [5.41, 5.74) is 9.07. The number of nitrogens with zero attached hydrogens (tertiary/aromatic N) is 2. The summed E-state index contributed by atoms with van der Waals surface area (Å²) in [6, 6.07) is 48.5. The van der Waals surface area contributed by atoms with Gasteiger partial charge in [-0.1, -0.05) is 103 Å². The van der Waals surface area contributed by atoms with Gasteiger partial charge in [-0.25, -0.2) is 4.98 Å². The minimum Gasteiger partial charge on any atom is -0.485 e. The van der Waals surface area contributed by atoms with Crippen molar-refractivity contribution in [2.45, 2.75) is 0 Å². The maximum Gasteiger partial charge on any atom is 0.227 e. The molecule has 226 valence electrons. The molecule has 6 heteroatoms. The highest BCUT2D eigenvalue weighted by Crippen LogP contribution is 2.57. The number of anilines is 3. The van der Waals surface area contributed by atoms with Gasteiger partial charge in [0.15, 0.2) is 11.5 Å². The Morgan fingerprint density at radius 2 is 1.15 bits per heavy atom. The first-order chi connectivity index (χ1) is 23.3. The molecule has 0 aliphatic carbocycles. The van der Waals surface area contributed by atoms with E-state index in [1.165, 1.54) is 5.56 Å². The predicted molar refractivity (Wildman–Crippen MR) is 191 cm³/mol. The number of aromatic nitrogens is 1. The number of pyridine rings is 1. The fourth-order valence-corrected chi connectivity index (χ4v) is 7.57. The van der Waals surface area contributed by atoms with Crippen LogP contribution in [0.1, 0.15) is 0 Å². The summed E-state index contributed by atoms with van der Waals surface area (Å²) in [6.45, 7) is 1.02. The summed E-state index contributed by atoms with van der Waals surface area (Å²) in [7, 11) is 0. The van der Waals surface area contributed by atoms with Crippen LogP contribution in [0.25, 0.3) is 54.8 Å². The fraction of sp³-hybridized carbons (Fsp3) is 0.0488. The number of para-hydroxylation sites is 1. The highest BCUT2D eigenvalue weighted by Gasteiger charge is 2.30. The second-order valence-corrected chi connectivity index (χ2v) is 12.4. The van der Waals surface area contributed by atoms with Crippen LogP contribution in [-0.2, 0) is 0 Å². The van der Waals surface area contributed by atoms with E-state index in [0.29, 0.717) is 18.9 Å². The zero-order valence-corrected chi connectivity index (χ0v) is 26.1. The lowest BCUT2D eigenvalue weighted by atomic mass is 10.0. The van der Waals surface area contributed by atoms with E-state index >= 15 is 0 Å². The summed E-state index contributed by atoms with van der Waals surface area (Å²) >= 11 is 1.69. The van der Waals surface area contributed by atoms with E-state index in [9.17, 15) is 0 Å². The Morgan fingerprint density at radius 3 is 1.87 bits per heavy atom. The molecule has 0 saturated heterocycles. The summed E-state index contributed by atoms with van der Waals surface area (Å²) in [5, 5.41) is 3.06. The number of furan rings is 1. The topological polar surface area (TPSA) is 47.7 Å². The highest BCUT2D eigenvalue weighted by atomic mass is 32.1. The van der Waals surface area contributed by atoms with Crippen LogP contribution in [0.2, 0.25) is 0 Å². The SMILES string of the molecule is c1ccc(-c2ccc(N(c3ccc(-c4cccc5c4oc4ncccc45)cc3)c3sc(-c4ccccc4)c4c3OCCO4)cc2)cc1. The molecule has 5 nitrogen and oxygen atoms in total. The van der Waals surface area contributed by atoms with Crippen LogP contribution in [0.3, 0.4) is 0 Å². The largest absolute Gasteiger partial charge is 0.485 e. The molecule has 4 heterocycles. The maximum absolute atomic E-state index is 6.37. The van der Waals surface area contributed by atoms with Crippen LogP contribution in [-0.4, -0.2) is 18.2 Å². The van der Waals surface area contributed by atoms with Crippen molar-refractivity contribution in [3.8, 4) is 44.2 Å². The summed E-state index contributed by atoms with van der Waals surface area (Å²) in [5.74, 6) is 1.58. The zero-order chi connectivity index (χ0) is 31.2. The van der Waals surface area contributed by atoms with Gasteiger partial charge in [-0.05, 0) is 58.7 Å². The number of benzene rings is 5. The van der Waals surface area contributed by atoms with Crippen molar-refractivity contribution in [2.24, 2.45) is 0 Å². The third kappa shape index (κ3) is 4.82. The zero-order valence-electron chi connectivity index (χ0n) is 25.3. The Morgan fingerprint density at radius 1 is 0.532 bits per heavy atom. The number of thiophene rings is 1. The van der Waals surface area contributed by atoms with Crippen LogP contribution in [0.15, 0.2) is 150 Å². The van der Waals surface area contributed by atoms with Crippen molar-refractivity contribution in [1.29, 1.82) is 0 Å². The first kappa shape index (κ1) is 27.5. The number of hydrogen-bond acceptors (Lipinski definition) is 6. The molecule has 0 unspecified atom stereocenters. The Hall–Kier alpha value is -5.85. The maximum atomic E-state index is 6.37. The molecular formula is C41H28N2O3S. The molecule has 0 radical (unpaired) electrons. The van der Waals surface area contributed by atoms with E-state index in [1.54, 1.807) is 17.5 Å². The second kappa shape index (κ2) is 11.5. The van der Waals surface area contributed by atoms with Gasteiger partial charge in [0.2, 0.25) is 5.71 Å². The lowest BCUT2D eigenvalue weighted by Gasteiger charge is -2.26. The van der Waals surface area contributed by atoms with Crippen LogP contribution in [0, 0.1) is 0 Å². The molecular weight excluding hydrogens is 601 g/mol.